The third-order valence-electron chi connectivity index (χ3n) is 1.75. The number of carbonyl (C=O) groups is 1. The molecule has 1 amide bonds. The maximum atomic E-state index is 11.3. The number of anilines is 1. The van der Waals surface area contributed by atoms with Gasteiger partial charge < -0.3 is 4.74 Å². The lowest BCUT2D eigenvalue weighted by Gasteiger charge is -2.06. The Morgan fingerprint density at radius 3 is 3.06 bits per heavy atom. The highest BCUT2D eigenvalue weighted by atomic mass is 79.9. The summed E-state index contributed by atoms with van der Waals surface area (Å²) >= 11 is 3.24. The number of amides is 1. The molecule has 1 aromatic carbocycles. The van der Waals surface area contributed by atoms with E-state index < -0.39 is 6.09 Å². The zero-order chi connectivity index (χ0) is 11.8. The lowest BCUT2D eigenvalue weighted by molar-refractivity contribution is 0.162. The summed E-state index contributed by atoms with van der Waals surface area (Å²) in [6.45, 7) is 0.370. The molecule has 0 fully saturated rings. The number of nitrogens with one attached hydrogen (secondary N) is 1. The fourth-order valence-electron chi connectivity index (χ4n) is 1.04. The van der Waals surface area contributed by atoms with Crippen molar-refractivity contribution in [2.75, 3.05) is 17.3 Å². The van der Waals surface area contributed by atoms with Crippen LogP contribution >= 0.6 is 15.9 Å². The van der Waals surface area contributed by atoms with Crippen LogP contribution in [0.4, 0.5) is 10.5 Å². The van der Waals surface area contributed by atoms with E-state index in [0.29, 0.717) is 17.9 Å². The van der Waals surface area contributed by atoms with E-state index in [1.807, 2.05) is 6.07 Å². The van der Waals surface area contributed by atoms with Crippen molar-refractivity contribution in [3.63, 3.8) is 0 Å². The van der Waals surface area contributed by atoms with E-state index in [0.717, 1.165) is 11.8 Å². The number of benzene rings is 1. The van der Waals surface area contributed by atoms with Crippen LogP contribution in [0.3, 0.4) is 0 Å². The standard InChI is InChI=1S/C11H11BrN2O2/c12-5-2-6-16-11(15)14-10-4-1-3-9(7-10)8-13/h1,3-4,7H,2,5-6H2,(H,14,15). The molecule has 0 unspecified atom stereocenters. The number of ether oxygens (including phenoxy) is 1. The Labute approximate surface area is 102 Å². The van der Waals surface area contributed by atoms with Gasteiger partial charge in [0.2, 0.25) is 0 Å². The van der Waals surface area contributed by atoms with Crippen LogP contribution in [0, 0.1) is 11.3 Å². The monoisotopic (exact) mass is 282 g/mol. The van der Waals surface area contributed by atoms with Gasteiger partial charge in [0.25, 0.3) is 0 Å². The Bertz CT molecular complexity index is 401. The molecule has 0 aliphatic rings. The minimum Gasteiger partial charge on any atom is -0.449 e. The molecule has 5 heteroatoms. The van der Waals surface area contributed by atoms with Crippen molar-refractivity contribution in [3.05, 3.63) is 29.8 Å². The quantitative estimate of drug-likeness (QED) is 0.682. The summed E-state index contributed by atoms with van der Waals surface area (Å²) in [6, 6.07) is 8.65. The highest BCUT2D eigenvalue weighted by Gasteiger charge is 2.02. The first-order valence-electron chi connectivity index (χ1n) is 4.76. The molecule has 16 heavy (non-hydrogen) atoms. The molecule has 0 aliphatic heterocycles. The van der Waals surface area contributed by atoms with Crippen molar-refractivity contribution in [1.29, 1.82) is 5.26 Å². The largest absolute Gasteiger partial charge is 0.449 e. The highest BCUT2D eigenvalue weighted by Crippen LogP contribution is 2.09. The highest BCUT2D eigenvalue weighted by molar-refractivity contribution is 9.09. The molecule has 1 aromatic rings. The number of halogens is 1. The average molecular weight is 283 g/mol. The second-order valence-corrected chi connectivity index (χ2v) is 3.79. The van der Waals surface area contributed by atoms with Crippen LogP contribution in [0.2, 0.25) is 0 Å². The summed E-state index contributed by atoms with van der Waals surface area (Å²) < 4.78 is 4.90. The Morgan fingerprint density at radius 2 is 2.38 bits per heavy atom. The molecule has 84 valence electrons. The molecule has 0 saturated carbocycles. The molecule has 0 atom stereocenters. The van der Waals surface area contributed by atoms with Crippen LogP contribution in [0.25, 0.3) is 0 Å². The zero-order valence-corrected chi connectivity index (χ0v) is 10.2. The second kappa shape index (κ2) is 6.85. The molecular formula is C11H11BrN2O2. The zero-order valence-electron chi connectivity index (χ0n) is 8.57. The fraction of sp³-hybridized carbons (Fsp3) is 0.273. The number of nitrogens with zero attached hydrogens (tertiary/aromatic N) is 1. The minimum atomic E-state index is -0.504. The molecule has 0 aliphatic carbocycles. The SMILES string of the molecule is N#Cc1cccc(NC(=O)OCCCBr)c1. The number of rotatable bonds is 4. The van der Waals surface area contributed by atoms with Crippen LogP contribution in [0.1, 0.15) is 12.0 Å². The van der Waals surface area contributed by atoms with Crippen molar-refractivity contribution < 1.29 is 9.53 Å². The number of carbonyl (C=O) groups excluding carboxylic acids is 1. The van der Waals surface area contributed by atoms with Crippen molar-refractivity contribution in [2.24, 2.45) is 0 Å². The summed E-state index contributed by atoms with van der Waals surface area (Å²) in [5.74, 6) is 0. The van der Waals surface area contributed by atoms with Gasteiger partial charge in [0.15, 0.2) is 0 Å². The summed E-state index contributed by atoms with van der Waals surface area (Å²) in [5, 5.41) is 12.0. The van der Waals surface area contributed by atoms with Crippen LogP contribution < -0.4 is 5.32 Å². The Balaban J connectivity index is 2.47. The van der Waals surface area contributed by atoms with Crippen molar-refractivity contribution in [2.45, 2.75) is 6.42 Å². The molecule has 0 radical (unpaired) electrons. The Morgan fingerprint density at radius 1 is 1.56 bits per heavy atom. The van der Waals surface area contributed by atoms with E-state index in [-0.39, 0.29) is 0 Å². The van der Waals surface area contributed by atoms with E-state index in [2.05, 4.69) is 21.2 Å². The molecule has 1 N–H and O–H groups in total. The molecule has 4 nitrogen and oxygen atoms in total. The lowest BCUT2D eigenvalue weighted by atomic mass is 10.2. The average Bonchev–Trinajstić information content (AvgIpc) is 2.29. The normalized spacial score (nSPS) is 9.25. The maximum Gasteiger partial charge on any atom is 0.411 e. The third-order valence-corrected chi connectivity index (χ3v) is 2.31. The van der Waals surface area contributed by atoms with E-state index in [1.165, 1.54) is 0 Å². The van der Waals surface area contributed by atoms with Crippen LogP contribution in [0.15, 0.2) is 24.3 Å². The first-order chi connectivity index (χ1) is 7.76. The van der Waals surface area contributed by atoms with Gasteiger partial charge >= 0.3 is 6.09 Å². The predicted molar refractivity (Wildman–Crippen MR) is 64.5 cm³/mol. The molecule has 0 heterocycles. The van der Waals surface area contributed by atoms with Gasteiger partial charge in [-0.3, -0.25) is 5.32 Å². The Hall–Kier alpha value is -1.54. The number of hydrogen-bond donors (Lipinski definition) is 1. The summed E-state index contributed by atoms with van der Waals surface area (Å²) in [6.07, 6.45) is 0.266. The Kier molecular flexibility index (Phi) is 5.37. The molecule has 0 aromatic heterocycles. The van der Waals surface area contributed by atoms with E-state index in [4.69, 9.17) is 10.00 Å². The predicted octanol–water partition coefficient (Wildman–Crippen LogP) is 2.89. The van der Waals surface area contributed by atoms with Gasteiger partial charge in [-0.1, -0.05) is 22.0 Å². The molecular weight excluding hydrogens is 272 g/mol. The second-order valence-electron chi connectivity index (χ2n) is 3.00. The first-order valence-corrected chi connectivity index (χ1v) is 5.88. The smallest absolute Gasteiger partial charge is 0.411 e. The van der Waals surface area contributed by atoms with Gasteiger partial charge in [-0.05, 0) is 24.6 Å². The van der Waals surface area contributed by atoms with Gasteiger partial charge in [0.1, 0.15) is 0 Å². The number of alkyl halides is 1. The maximum absolute atomic E-state index is 11.3. The fourth-order valence-corrected chi connectivity index (χ4v) is 1.27. The number of hydrogen-bond acceptors (Lipinski definition) is 3. The molecule has 1 rings (SSSR count). The van der Waals surface area contributed by atoms with E-state index >= 15 is 0 Å². The van der Waals surface area contributed by atoms with Gasteiger partial charge in [-0.15, -0.1) is 0 Å². The molecule has 0 spiro atoms. The minimum absolute atomic E-state index is 0.370. The summed E-state index contributed by atoms with van der Waals surface area (Å²) in [5.41, 5.74) is 1.06. The van der Waals surface area contributed by atoms with Gasteiger partial charge in [-0.25, -0.2) is 4.79 Å². The summed E-state index contributed by atoms with van der Waals surface area (Å²) in [7, 11) is 0. The van der Waals surface area contributed by atoms with Crippen LogP contribution in [-0.2, 0) is 4.74 Å². The van der Waals surface area contributed by atoms with Crippen LogP contribution in [0.5, 0.6) is 0 Å². The van der Waals surface area contributed by atoms with E-state index in [1.54, 1.807) is 24.3 Å². The van der Waals surface area contributed by atoms with Gasteiger partial charge in [0, 0.05) is 11.0 Å². The van der Waals surface area contributed by atoms with Crippen molar-refractivity contribution in [3.8, 4) is 6.07 Å². The van der Waals surface area contributed by atoms with Gasteiger partial charge in [-0.2, -0.15) is 5.26 Å². The lowest BCUT2D eigenvalue weighted by Crippen LogP contribution is -2.14. The van der Waals surface area contributed by atoms with Crippen molar-refractivity contribution in [1.82, 2.24) is 0 Å². The number of nitriles is 1. The van der Waals surface area contributed by atoms with Crippen molar-refractivity contribution >= 4 is 27.7 Å². The van der Waals surface area contributed by atoms with Crippen LogP contribution in [-0.4, -0.2) is 18.0 Å². The molecule has 0 bridgehead atoms. The third kappa shape index (κ3) is 4.32. The van der Waals surface area contributed by atoms with E-state index in [9.17, 15) is 4.79 Å². The topological polar surface area (TPSA) is 62.1 Å². The molecule has 0 saturated heterocycles. The first kappa shape index (κ1) is 12.5. The summed E-state index contributed by atoms with van der Waals surface area (Å²) in [4.78, 5) is 11.3. The van der Waals surface area contributed by atoms with Gasteiger partial charge in [0.05, 0.1) is 18.2 Å².